The summed E-state index contributed by atoms with van der Waals surface area (Å²) in [6.07, 6.45) is 2.63. The maximum Gasteiger partial charge on any atom is 0.268 e. The van der Waals surface area contributed by atoms with Gasteiger partial charge in [0.05, 0.1) is 6.61 Å². The molecule has 0 aliphatic carbocycles. The number of hydrogen-bond donors (Lipinski definition) is 4. The van der Waals surface area contributed by atoms with E-state index in [0.717, 1.165) is 11.1 Å². The molecule has 30 heavy (non-hydrogen) atoms. The number of benzene rings is 2. The Morgan fingerprint density at radius 1 is 1.17 bits per heavy atom. The van der Waals surface area contributed by atoms with E-state index in [1.54, 1.807) is 32.3 Å². The van der Waals surface area contributed by atoms with Crippen LogP contribution >= 0.6 is 0 Å². The molecule has 1 atom stereocenters. The summed E-state index contributed by atoms with van der Waals surface area (Å²) in [6.45, 7) is 6.31. The van der Waals surface area contributed by atoms with Crippen LogP contribution in [0.25, 0.3) is 0 Å². The standard InChI is InChI=1S/C23H29N3O4/c1-17(27)18(2)30-22-12-20(14-28-16-26-23(24)9-10-25-3)11-21(13-22)29-15-19-7-5-4-6-8-19/h4-13,17,25,27H,2,14-16H2,1,3H3,(H2,24,26)/p+1/b10-9-/t17-/m0/s1. The van der Waals surface area contributed by atoms with Gasteiger partial charge < -0.3 is 24.6 Å². The molecule has 0 fully saturated rings. The highest BCUT2D eigenvalue weighted by atomic mass is 16.5. The molecule has 0 spiro atoms. The van der Waals surface area contributed by atoms with E-state index in [-0.39, 0.29) is 12.5 Å². The minimum atomic E-state index is -0.785. The maximum absolute atomic E-state index is 9.65. The van der Waals surface area contributed by atoms with Gasteiger partial charge in [0.2, 0.25) is 0 Å². The van der Waals surface area contributed by atoms with E-state index in [1.807, 2.05) is 42.5 Å². The predicted molar refractivity (Wildman–Crippen MR) is 117 cm³/mol. The van der Waals surface area contributed by atoms with Crippen LogP contribution in [0.15, 0.2) is 73.1 Å². The van der Waals surface area contributed by atoms with Crippen LogP contribution in [0.5, 0.6) is 11.5 Å². The van der Waals surface area contributed by atoms with Crippen molar-refractivity contribution in [3.63, 3.8) is 0 Å². The Kier molecular flexibility index (Phi) is 9.44. The Balaban J connectivity index is 2.06. The molecule has 0 aliphatic rings. The van der Waals surface area contributed by atoms with E-state index in [9.17, 15) is 5.11 Å². The van der Waals surface area contributed by atoms with E-state index in [0.29, 0.717) is 30.5 Å². The van der Waals surface area contributed by atoms with Crippen LogP contribution in [-0.4, -0.2) is 30.8 Å². The monoisotopic (exact) mass is 412 g/mol. The topological polar surface area (TPSA) is 99.9 Å². The zero-order valence-corrected chi connectivity index (χ0v) is 17.4. The number of hydrogen-bond acceptors (Lipinski definition) is 5. The van der Waals surface area contributed by atoms with Gasteiger partial charge in [0.25, 0.3) is 5.84 Å². The Hall–Kier alpha value is -3.29. The number of amidine groups is 1. The third-order valence-electron chi connectivity index (χ3n) is 3.98. The molecule has 7 nitrogen and oxygen atoms in total. The number of aliphatic hydroxyl groups is 1. The maximum atomic E-state index is 9.65. The molecule has 0 radical (unpaired) electrons. The third-order valence-corrected chi connectivity index (χ3v) is 3.98. The van der Waals surface area contributed by atoms with Crippen LogP contribution < -0.4 is 25.5 Å². The summed E-state index contributed by atoms with van der Waals surface area (Å²) in [5.74, 6) is 1.88. The lowest BCUT2D eigenvalue weighted by Crippen LogP contribution is -2.75. The first kappa shape index (κ1) is 23.0. The highest BCUT2D eigenvalue weighted by Gasteiger charge is 2.09. The van der Waals surface area contributed by atoms with Crippen LogP contribution in [-0.2, 0) is 18.0 Å². The normalized spacial score (nSPS) is 12.6. The highest BCUT2D eigenvalue weighted by molar-refractivity contribution is 5.85. The van der Waals surface area contributed by atoms with Crippen molar-refractivity contribution in [3.8, 4) is 11.5 Å². The summed E-state index contributed by atoms with van der Waals surface area (Å²) >= 11 is 0. The summed E-state index contributed by atoms with van der Waals surface area (Å²) in [4.78, 5) is 2.95. The van der Waals surface area contributed by atoms with Gasteiger partial charge >= 0.3 is 0 Å². The van der Waals surface area contributed by atoms with Crippen LogP contribution in [0, 0.1) is 0 Å². The van der Waals surface area contributed by atoms with Gasteiger partial charge in [0, 0.05) is 25.4 Å². The lowest BCUT2D eigenvalue weighted by atomic mass is 10.2. The van der Waals surface area contributed by atoms with Crippen LogP contribution in [0.1, 0.15) is 18.1 Å². The Bertz CT molecular complexity index is 864. The minimum Gasteiger partial charge on any atom is -0.489 e. The van der Waals surface area contributed by atoms with E-state index in [2.05, 4.69) is 16.9 Å². The number of ether oxygens (including phenoxy) is 3. The summed E-state index contributed by atoms with van der Waals surface area (Å²) in [5, 5.41) is 12.5. The molecule has 0 aromatic heterocycles. The fourth-order valence-electron chi connectivity index (χ4n) is 2.37. The summed E-state index contributed by atoms with van der Waals surface area (Å²) in [7, 11) is 1.79. The van der Waals surface area contributed by atoms with Crippen molar-refractivity contribution in [2.45, 2.75) is 26.2 Å². The SMILES string of the molecule is C=C(Oc1cc(COC/[NH+]=C(N)\C=C/NC)cc(OCc2ccccc2)c1)[C@H](C)O. The Morgan fingerprint density at radius 3 is 2.60 bits per heavy atom. The summed E-state index contributed by atoms with van der Waals surface area (Å²) in [5.41, 5.74) is 7.69. The minimum absolute atomic E-state index is 0.242. The van der Waals surface area contributed by atoms with E-state index < -0.39 is 6.10 Å². The van der Waals surface area contributed by atoms with Crippen molar-refractivity contribution < 1.29 is 24.3 Å². The highest BCUT2D eigenvalue weighted by Crippen LogP contribution is 2.26. The fourth-order valence-corrected chi connectivity index (χ4v) is 2.37. The second kappa shape index (κ2) is 12.3. The summed E-state index contributed by atoms with van der Waals surface area (Å²) in [6, 6.07) is 15.3. The van der Waals surface area contributed by atoms with Crippen LogP contribution in [0.4, 0.5) is 0 Å². The molecular weight excluding hydrogens is 382 g/mol. The van der Waals surface area contributed by atoms with Crippen LogP contribution in [0.3, 0.4) is 0 Å². The molecule has 0 bridgehead atoms. The molecule has 160 valence electrons. The van der Waals surface area contributed by atoms with Gasteiger partial charge in [0.15, 0.2) is 6.73 Å². The lowest BCUT2D eigenvalue weighted by molar-refractivity contribution is -0.510. The average Bonchev–Trinajstić information content (AvgIpc) is 2.74. The van der Waals surface area contributed by atoms with E-state index in [4.69, 9.17) is 19.9 Å². The van der Waals surface area contributed by atoms with Gasteiger partial charge in [-0.3, -0.25) is 10.7 Å². The van der Waals surface area contributed by atoms with E-state index in [1.165, 1.54) is 0 Å². The zero-order valence-electron chi connectivity index (χ0n) is 17.4. The van der Waals surface area contributed by atoms with Crippen molar-refractivity contribution in [1.82, 2.24) is 5.32 Å². The van der Waals surface area contributed by atoms with Gasteiger partial charge in [-0.2, -0.15) is 0 Å². The zero-order chi connectivity index (χ0) is 21.8. The van der Waals surface area contributed by atoms with Crippen molar-refractivity contribution in [2.75, 3.05) is 13.8 Å². The molecule has 2 aromatic carbocycles. The smallest absolute Gasteiger partial charge is 0.268 e. The number of nitrogens with one attached hydrogen (secondary N) is 2. The molecule has 0 saturated heterocycles. The number of rotatable bonds is 12. The predicted octanol–water partition coefficient (Wildman–Crippen LogP) is 1.18. The Labute approximate surface area is 177 Å². The Morgan fingerprint density at radius 2 is 1.90 bits per heavy atom. The molecule has 0 unspecified atom stereocenters. The molecule has 0 amide bonds. The second-order valence-electron chi connectivity index (χ2n) is 6.58. The largest absolute Gasteiger partial charge is 0.489 e. The van der Waals surface area contributed by atoms with E-state index >= 15 is 0 Å². The molecule has 7 heteroatoms. The lowest BCUT2D eigenvalue weighted by Gasteiger charge is -2.14. The molecular formula is C23H30N3O4+. The number of nitrogens with two attached hydrogens (primary N) is 1. The number of aliphatic hydroxyl groups excluding tert-OH is 1. The van der Waals surface area contributed by atoms with Crippen LogP contribution in [0.2, 0.25) is 0 Å². The van der Waals surface area contributed by atoms with Gasteiger partial charge in [0.1, 0.15) is 30.0 Å². The molecule has 5 N–H and O–H groups in total. The van der Waals surface area contributed by atoms with Gasteiger partial charge in [-0.25, -0.2) is 0 Å². The van der Waals surface area contributed by atoms with Crippen molar-refractivity contribution in [2.24, 2.45) is 5.73 Å². The van der Waals surface area contributed by atoms with Crippen molar-refractivity contribution in [3.05, 3.63) is 84.3 Å². The first-order valence-electron chi connectivity index (χ1n) is 9.61. The average molecular weight is 413 g/mol. The molecule has 0 heterocycles. The molecule has 0 saturated carbocycles. The van der Waals surface area contributed by atoms with Gasteiger partial charge in [-0.1, -0.05) is 36.9 Å². The van der Waals surface area contributed by atoms with Gasteiger partial charge in [-0.05, 0) is 30.2 Å². The van der Waals surface area contributed by atoms with Crippen molar-refractivity contribution in [1.29, 1.82) is 0 Å². The second-order valence-corrected chi connectivity index (χ2v) is 6.58. The first-order chi connectivity index (χ1) is 14.5. The third kappa shape index (κ3) is 8.38. The molecule has 2 rings (SSSR count). The first-order valence-corrected chi connectivity index (χ1v) is 9.61. The summed E-state index contributed by atoms with van der Waals surface area (Å²) < 4.78 is 17.2. The fraction of sp³-hybridized carbons (Fsp3) is 0.261. The quantitative estimate of drug-likeness (QED) is 0.137. The van der Waals surface area contributed by atoms with Crippen molar-refractivity contribution >= 4 is 5.84 Å². The molecule has 0 aliphatic heterocycles. The van der Waals surface area contributed by atoms with Gasteiger partial charge in [-0.15, -0.1) is 0 Å². The molecule has 2 aromatic rings.